The molecule has 2 nitrogen and oxygen atoms in total. The molecule has 0 unspecified atom stereocenters. The Balaban J connectivity index is 2.04. The van der Waals surface area contributed by atoms with Crippen LogP contribution in [0.25, 0.3) is 0 Å². The van der Waals surface area contributed by atoms with E-state index >= 15 is 0 Å². The van der Waals surface area contributed by atoms with Gasteiger partial charge in [0.1, 0.15) is 0 Å². The standard InChI is InChI=1S/C16H18F3NO/c1-9(2)11-5-12-8-20(7-10-3-4-10)15(21)14(12)13(6-11)16(17,18)19/h5-6,9-10H,3-4,7-8H2,1-2H3. The zero-order chi connectivity index (χ0) is 15.4. The lowest BCUT2D eigenvalue weighted by atomic mass is 9.93. The van der Waals surface area contributed by atoms with Crippen molar-refractivity contribution >= 4 is 5.91 Å². The summed E-state index contributed by atoms with van der Waals surface area (Å²) < 4.78 is 39.9. The summed E-state index contributed by atoms with van der Waals surface area (Å²) in [7, 11) is 0. The summed E-state index contributed by atoms with van der Waals surface area (Å²) >= 11 is 0. The van der Waals surface area contributed by atoms with Crippen LogP contribution in [0.4, 0.5) is 13.2 Å². The van der Waals surface area contributed by atoms with Crippen molar-refractivity contribution in [3.63, 3.8) is 0 Å². The highest BCUT2D eigenvalue weighted by molar-refractivity contribution is 6.00. The number of halogens is 3. The number of carbonyl (C=O) groups excluding carboxylic acids is 1. The van der Waals surface area contributed by atoms with Gasteiger partial charge >= 0.3 is 6.18 Å². The van der Waals surface area contributed by atoms with Crippen LogP contribution >= 0.6 is 0 Å². The molecule has 1 aromatic rings. The Morgan fingerprint density at radius 1 is 1.29 bits per heavy atom. The van der Waals surface area contributed by atoms with Crippen LogP contribution in [-0.2, 0) is 12.7 Å². The van der Waals surface area contributed by atoms with Crippen molar-refractivity contribution in [1.29, 1.82) is 0 Å². The van der Waals surface area contributed by atoms with Gasteiger partial charge in [0.15, 0.2) is 0 Å². The number of fused-ring (bicyclic) bond motifs is 1. The van der Waals surface area contributed by atoms with E-state index in [9.17, 15) is 18.0 Å². The molecule has 1 saturated carbocycles. The van der Waals surface area contributed by atoms with E-state index in [0.29, 0.717) is 30.1 Å². The highest BCUT2D eigenvalue weighted by atomic mass is 19.4. The van der Waals surface area contributed by atoms with Crippen LogP contribution in [0, 0.1) is 5.92 Å². The quantitative estimate of drug-likeness (QED) is 0.819. The monoisotopic (exact) mass is 297 g/mol. The lowest BCUT2D eigenvalue weighted by Gasteiger charge is -2.16. The van der Waals surface area contributed by atoms with Gasteiger partial charge in [-0.15, -0.1) is 0 Å². The summed E-state index contributed by atoms with van der Waals surface area (Å²) in [5.74, 6) is 0.0192. The fourth-order valence-corrected chi connectivity index (χ4v) is 2.86. The third kappa shape index (κ3) is 2.65. The third-order valence-electron chi connectivity index (χ3n) is 4.25. The van der Waals surface area contributed by atoms with E-state index in [1.165, 1.54) is 0 Å². The number of benzene rings is 1. The van der Waals surface area contributed by atoms with Crippen LogP contribution in [-0.4, -0.2) is 17.4 Å². The zero-order valence-electron chi connectivity index (χ0n) is 12.1. The molecule has 5 heteroatoms. The predicted octanol–water partition coefficient (Wildman–Crippen LogP) is 4.19. The van der Waals surface area contributed by atoms with Gasteiger partial charge in [-0.3, -0.25) is 4.79 Å². The fourth-order valence-electron chi connectivity index (χ4n) is 2.86. The molecule has 1 amide bonds. The SMILES string of the molecule is CC(C)c1cc2c(c(C(F)(F)F)c1)C(=O)N(CC1CC1)C2. The second-order valence-electron chi connectivity index (χ2n) is 6.38. The number of hydrogen-bond acceptors (Lipinski definition) is 1. The molecule has 0 bridgehead atoms. The van der Waals surface area contributed by atoms with Crippen molar-refractivity contribution < 1.29 is 18.0 Å². The number of hydrogen-bond donors (Lipinski definition) is 0. The molecule has 0 atom stereocenters. The van der Waals surface area contributed by atoms with E-state index in [0.717, 1.165) is 18.9 Å². The van der Waals surface area contributed by atoms with E-state index < -0.39 is 17.6 Å². The molecule has 21 heavy (non-hydrogen) atoms. The van der Waals surface area contributed by atoms with Gasteiger partial charge in [-0.05, 0) is 41.9 Å². The molecule has 0 saturated heterocycles. The number of carbonyl (C=O) groups is 1. The lowest BCUT2D eigenvalue weighted by molar-refractivity contribution is -0.138. The molecule has 0 aromatic heterocycles. The minimum Gasteiger partial charge on any atom is -0.334 e. The van der Waals surface area contributed by atoms with Crippen LogP contribution in [0.5, 0.6) is 0 Å². The van der Waals surface area contributed by atoms with Gasteiger partial charge in [-0.25, -0.2) is 0 Å². The zero-order valence-corrected chi connectivity index (χ0v) is 12.1. The largest absolute Gasteiger partial charge is 0.417 e. The number of alkyl halides is 3. The van der Waals surface area contributed by atoms with Crippen LogP contribution in [0.2, 0.25) is 0 Å². The lowest BCUT2D eigenvalue weighted by Crippen LogP contribution is -2.27. The topological polar surface area (TPSA) is 20.3 Å². The molecular weight excluding hydrogens is 279 g/mol. The predicted molar refractivity (Wildman–Crippen MR) is 73.0 cm³/mol. The van der Waals surface area contributed by atoms with Crippen molar-refractivity contribution in [2.45, 2.75) is 45.3 Å². The summed E-state index contributed by atoms with van der Waals surface area (Å²) in [5.41, 5.74) is 0.265. The van der Waals surface area contributed by atoms with E-state index in [4.69, 9.17) is 0 Å². The van der Waals surface area contributed by atoms with Crippen molar-refractivity contribution in [3.8, 4) is 0 Å². The smallest absolute Gasteiger partial charge is 0.334 e. The highest BCUT2D eigenvalue weighted by Gasteiger charge is 2.42. The van der Waals surface area contributed by atoms with Crippen LogP contribution < -0.4 is 0 Å². The molecule has 0 spiro atoms. The van der Waals surface area contributed by atoms with Gasteiger partial charge in [0.2, 0.25) is 0 Å². The van der Waals surface area contributed by atoms with Gasteiger partial charge in [0, 0.05) is 13.1 Å². The van der Waals surface area contributed by atoms with Crippen LogP contribution in [0.3, 0.4) is 0 Å². The van der Waals surface area contributed by atoms with Gasteiger partial charge in [-0.2, -0.15) is 13.2 Å². The summed E-state index contributed by atoms with van der Waals surface area (Å²) in [6.45, 7) is 4.62. The first-order chi connectivity index (χ1) is 9.77. The molecule has 1 aliphatic carbocycles. The molecule has 1 aromatic carbocycles. The number of amides is 1. The second-order valence-corrected chi connectivity index (χ2v) is 6.38. The number of nitrogens with zero attached hydrogens (tertiary/aromatic N) is 1. The summed E-state index contributed by atoms with van der Waals surface area (Å²) in [4.78, 5) is 13.9. The third-order valence-corrected chi connectivity index (χ3v) is 4.25. The van der Waals surface area contributed by atoms with Crippen molar-refractivity contribution in [1.82, 2.24) is 4.90 Å². The molecule has 1 fully saturated rings. The molecule has 0 radical (unpaired) electrons. The van der Waals surface area contributed by atoms with Gasteiger partial charge in [0.25, 0.3) is 5.91 Å². The maximum absolute atomic E-state index is 13.3. The molecule has 1 heterocycles. The molecule has 2 aliphatic rings. The van der Waals surface area contributed by atoms with E-state index in [1.807, 2.05) is 13.8 Å². The second kappa shape index (κ2) is 4.75. The number of rotatable bonds is 3. The highest BCUT2D eigenvalue weighted by Crippen LogP contribution is 2.40. The normalized spacial score (nSPS) is 18.6. The molecule has 0 N–H and O–H groups in total. The fraction of sp³-hybridized carbons (Fsp3) is 0.562. The first-order valence-electron chi connectivity index (χ1n) is 7.30. The van der Waals surface area contributed by atoms with Crippen molar-refractivity contribution in [2.75, 3.05) is 6.54 Å². The summed E-state index contributed by atoms with van der Waals surface area (Å²) in [6, 6.07) is 2.90. The van der Waals surface area contributed by atoms with E-state index in [1.54, 1.807) is 11.0 Å². The summed E-state index contributed by atoms with van der Waals surface area (Å²) in [6.07, 6.45) is -2.34. The molecular formula is C16H18F3NO. The van der Waals surface area contributed by atoms with Gasteiger partial charge in [-0.1, -0.05) is 19.9 Å². The minimum atomic E-state index is -4.49. The maximum Gasteiger partial charge on any atom is 0.417 e. The minimum absolute atomic E-state index is 0.00369. The van der Waals surface area contributed by atoms with Crippen molar-refractivity contribution in [2.24, 2.45) is 5.92 Å². The first kappa shape index (κ1) is 14.4. The molecule has 3 rings (SSSR count). The Bertz CT molecular complexity index is 588. The Morgan fingerprint density at radius 3 is 2.48 bits per heavy atom. The molecule has 114 valence electrons. The van der Waals surface area contributed by atoms with E-state index in [2.05, 4.69) is 0 Å². The Labute approximate surface area is 121 Å². The first-order valence-corrected chi connectivity index (χ1v) is 7.30. The van der Waals surface area contributed by atoms with Gasteiger partial charge < -0.3 is 4.90 Å². The Morgan fingerprint density at radius 2 is 1.95 bits per heavy atom. The van der Waals surface area contributed by atoms with Crippen LogP contribution in [0.15, 0.2) is 12.1 Å². The Hall–Kier alpha value is -1.52. The molecule has 1 aliphatic heterocycles. The maximum atomic E-state index is 13.3. The average Bonchev–Trinajstić information content (AvgIpc) is 3.13. The van der Waals surface area contributed by atoms with Gasteiger partial charge in [0.05, 0.1) is 11.1 Å². The van der Waals surface area contributed by atoms with Crippen molar-refractivity contribution in [3.05, 3.63) is 34.4 Å². The van der Waals surface area contributed by atoms with Crippen LogP contribution in [0.1, 0.15) is 59.7 Å². The van der Waals surface area contributed by atoms with E-state index in [-0.39, 0.29) is 11.5 Å². The Kier molecular flexibility index (Phi) is 3.26. The summed E-state index contributed by atoms with van der Waals surface area (Å²) in [5, 5.41) is 0. The average molecular weight is 297 g/mol.